The second-order valence-corrected chi connectivity index (χ2v) is 7.85. The van der Waals surface area contributed by atoms with Crippen LogP contribution in [0.25, 0.3) is 0 Å². The molecule has 5 heteroatoms. The second-order valence-electron chi connectivity index (χ2n) is 7.85. The van der Waals surface area contributed by atoms with Gasteiger partial charge < -0.3 is 9.47 Å². The number of rotatable bonds is 2. The molecule has 0 aromatic carbocycles. The fraction of sp³-hybridized carbons (Fsp3) is 0.650. The molecule has 0 aromatic heterocycles. The van der Waals surface area contributed by atoms with E-state index in [0.717, 1.165) is 12.0 Å². The van der Waals surface area contributed by atoms with Crippen LogP contribution in [0.2, 0.25) is 0 Å². The fourth-order valence-electron chi connectivity index (χ4n) is 4.66. The van der Waals surface area contributed by atoms with Crippen molar-refractivity contribution in [2.45, 2.75) is 65.6 Å². The van der Waals surface area contributed by atoms with Gasteiger partial charge in [-0.15, -0.1) is 0 Å². The smallest absolute Gasteiger partial charge is 0.334 e. The molecular formula is C20H26O5. The Kier molecular flexibility index (Phi) is 4.17. The van der Waals surface area contributed by atoms with Crippen LogP contribution < -0.4 is 0 Å². The van der Waals surface area contributed by atoms with Gasteiger partial charge in [-0.1, -0.05) is 18.6 Å². The highest BCUT2D eigenvalue weighted by molar-refractivity contribution is 5.94. The first-order valence-corrected chi connectivity index (χ1v) is 8.94. The summed E-state index contributed by atoms with van der Waals surface area (Å²) in [6.45, 7) is 9.05. The molecule has 3 rings (SSSR count). The summed E-state index contributed by atoms with van der Waals surface area (Å²) in [6.07, 6.45) is 4.43. The van der Waals surface area contributed by atoms with Crippen LogP contribution in [0.3, 0.4) is 0 Å². The molecule has 5 nitrogen and oxygen atoms in total. The average Bonchev–Trinajstić information content (AvgIpc) is 2.90. The monoisotopic (exact) mass is 346 g/mol. The van der Waals surface area contributed by atoms with Crippen molar-refractivity contribution in [3.63, 3.8) is 0 Å². The van der Waals surface area contributed by atoms with Gasteiger partial charge in [0, 0.05) is 17.9 Å². The molecule has 1 saturated carbocycles. The predicted molar refractivity (Wildman–Crippen MR) is 91.5 cm³/mol. The molecule has 25 heavy (non-hydrogen) atoms. The van der Waals surface area contributed by atoms with Crippen LogP contribution in [0.5, 0.6) is 0 Å². The normalized spacial score (nSPS) is 40.8. The third kappa shape index (κ3) is 2.31. The van der Waals surface area contributed by atoms with Crippen LogP contribution in [0.1, 0.15) is 53.9 Å². The van der Waals surface area contributed by atoms with E-state index in [1.807, 2.05) is 19.9 Å². The molecule has 0 amide bonds. The maximum absolute atomic E-state index is 13.1. The Labute approximate surface area is 148 Å². The first-order valence-electron chi connectivity index (χ1n) is 8.94. The molecule has 5 unspecified atom stereocenters. The van der Waals surface area contributed by atoms with Gasteiger partial charge >= 0.3 is 11.9 Å². The van der Waals surface area contributed by atoms with Crippen molar-refractivity contribution in [2.75, 3.05) is 0 Å². The van der Waals surface area contributed by atoms with Gasteiger partial charge in [0.1, 0.15) is 22.9 Å². The largest absolute Gasteiger partial charge is 0.457 e. The maximum atomic E-state index is 13.1. The van der Waals surface area contributed by atoms with Crippen molar-refractivity contribution >= 4 is 17.7 Å². The van der Waals surface area contributed by atoms with E-state index in [1.165, 1.54) is 0 Å². The van der Waals surface area contributed by atoms with E-state index in [4.69, 9.17) is 9.47 Å². The van der Waals surface area contributed by atoms with Gasteiger partial charge in [0.25, 0.3) is 0 Å². The van der Waals surface area contributed by atoms with Gasteiger partial charge in [0.15, 0.2) is 0 Å². The molecular weight excluding hydrogens is 320 g/mol. The van der Waals surface area contributed by atoms with Crippen LogP contribution in [-0.2, 0) is 23.9 Å². The van der Waals surface area contributed by atoms with Crippen molar-refractivity contribution in [3.05, 3.63) is 23.3 Å². The van der Waals surface area contributed by atoms with Crippen LogP contribution in [0.15, 0.2) is 23.3 Å². The van der Waals surface area contributed by atoms with Gasteiger partial charge in [0.2, 0.25) is 0 Å². The summed E-state index contributed by atoms with van der Waals surface area (Å²) in [4.78, 5) is 37.7. The van der Waals surface area contributed by atoms with Crippen molar-refractivity contribution in [3.8, 4) is 0 Å². The third-order valence-corrected chi connectivity index (χ3v) is 6.61. The summed E-state index contributed by atoms with van der Waals surface area (Å²) in [5.74, 6) is -1.14. The molecule has 2 aliphatic carbocycles. The van der Waals surface area contributed by atoms with Crippen LogP contribution in [0, 0.1) is 17.3 Å². The minimum Gasteiger partial charge on any atom is -0.457 e. The van der Waals surface area contributed by atoms with Gasteiger partial charge in [-0.3, -0.25) is 9.59 Å². The lowest BCUT2D eigenvalue weighted by Gasteiger charge is -2.43. The first kappa shape index (κ1) is 17.9. The molecule has 5 atom stereocenters. The lowest BCUT2D eigenvalue weighted by Crippen LogP contribution is -2.55. The van der Waals surface area contributed by atoms with Crippen LogP contribution in [0.4, 0.5) is 0 Å². The average molecular weight is 346 g/mol. The van der Waals surface area contributed by atoms with Crippen molar-refractivity contribution in [1.82, 2.24) is 0 Å². The number of carbonyl (C=O) groups is 3. The number of hydrogen-bond acceptors (Lipinski definition) is 5. The number of ketones is 1. The Balaban J connectivity index is 2.08. The molecule has 3 aliphatic rings. The molecule has 1 saturated heterocycles. The van der Waals surface area contributed by atoms with E-state index < -0.39 is 23.1 Å². The Morgan fingerprint density at radius 2 is 2.08 bits per heavy atom. The second kappa shape index (κ2) is 5.82. The molecule has 0 N–H and O–H groups in total. The summed E-state index contributed by atoms with van der Waals surface area (Å²) in [5, 5.41) is 0. The van der Waals surface area contributed by atoms with E-state index in [2.05, 4.69) is 0 Å². The van der Waals surface area contributed by atoms with E-state index in [1.54, 1.807) is 26.8 Å². The summed E-state index contributed by atoms with van der Waals surface area (Å²) in [5.41, 5.74) is -0.391. The predicted octanol–water partition coefficient (Wildman–Crippen LogP) is 3.13. The molecule has 1 aliphatic heterocycles. The van der Waals surface area contributed by atoms with Gasteiger partial charge in [0.05, 0.1) is 5.92 Å². The third-order valence-electron chi connectivity index (χ3n) is 6.61. The molecule has 0 radical (unpaired) electrons. The summed E-state index contributed by atoms with van der Waals surface area (Å²) in [7, 11) is 0. The van der Waals surface area contributed by atoms with Gasteiger partial charge in [-0.25, -0.2) is 4.79 Å². The number of allylic oxidation sites excluding steroid dienone is 2. The Bertz CT molecular complexity index is 703. The quantitative estimate of drug-likeness (QED) is 0.436. The topological polar surface area (TPSA) is 69.7 Å². The van der Waals surface area contributed by atoms with Gasteiger partial charge in [-0.2, -0.15) is 0 Å². The molecule has 136 valence electrons. The molecule has 0 aromatic rings. The molecule has 1 heterocycles. The fourth-order valence-corrected chi connectivity index (χ4v) is 4.66. The zero-order valence-corrected chi connectivity index (χ0v) is 15.5. The molecule has 0 bridgehead atoms. The lowest BCUT2D eigenvalue weighted by atomic mass is 9.67. The zero-order valence-electron chi connectivity index (χ0n) is 15.5. The minimum atomic E-state index is -1.04. The maximum Gasteiger partial charge on any atom is 0.334 e. The number of Topliss-reactive ketones (excluding diaryl/α,β-unsaturated/α-hetero) is 1. The number of carbonyl (C=O) groups excluding carboxylic acids is 3. The van der Waals surface area contributed by atoms with E-state index in [0.29, 0.717) is 18.4 Å². The number of ether oxygens (including phenoxy) is 2. The standard InChI is InChI=1S/C20H26O5/c1-6-12(3)17(22)24-16-9-11(2)7-8-20-14(13(4)18(23)25-20)10-15(21)19(16,20)5/h6,9,13-14,16H,7-8,10H2,1-5H3. The van der Waals surface area contributed by atoms with E-state index >= 15 is 0 Å². The minimum absolute atomic E-state index is 0.0127. The molecule has 1 spiro atoms. The van der Waals surface area contributed by atoms with E-state index in [-0.39, 0.29) is 23.6 Å². The Hall–Kier alpha value is -1.91. The molecule has 2 fully saturated rings. The number of hydrogen-bond donors (Lipinski definition) is 0. The van der Waals surface area contributed by atoms with Gasteiger partial charge in [-0.05, 0) is 46.6 Å². The highest BCUT2D eigenvalue weighted by Crippen LogP contribution is 2.62. The zero-order chi connectivity index (χ0) is 18.6. The van der Waals surface area contributed by atoms with Crippen molar-refractivity contribution < 1.29 is 23.9 Å². The lowest BCUT2D eigenvalue weighted by molar-refractivity contribution is -0.178. The Morgan fingerprint density at radius 1 is 1.40 bits per heavy atom. The van der Waals surface area contributed by atoms with Crippen molar-refractivity contribution in [2.24, 2.45) is 17.3 Å². The summed E-state index contributed by atoms with van der Waals surface area (Å²) in [6, 6.07) is 0. The SMILES string of the molecule is CC=C(C)C(=O)OC1C=C(C)CCC23OC(=O)C(C)C2CC(=O)C13C. The van der Waals surface area contributed by atoms with Crippen LogP contribution >= 0.6 is 0 Å². The van der Waals surface area contributed by atoms with Crippen molar-refractivity contribution in [1.29, 1.82) is 0 Å². The first-order chi connectivity index (χ1) is 11.7. The number of esters is 2. The van der Waals surface area contributed by atoms with Crippen LogP contribution in [-0.4, -0.2) is 29.4 Å². The summed E-state index contributed by atoms with van der Waals surface area (Å²) < 4.78 is 11.6. The highest BCUT2D eigenvalue weighted by Gasteiger charge is 2.73. The Morgan fingerprint density at radius 3 is 2.72 bits per heavy atom. The summed E-state index contributed by atoms with van der Waals surface area (Å²) >= 11 is 0. The van der Waals surface area contributed by atoms with E-state index in [9.17, 15) is 14.4 Å². The highest BCUT2D eigenvalue weighted by atomic mass is 16.6.